The van der Waals surface area contributed by atoms with Gasteiger partial charge in [-0.2, -0.15) is 0 Å². The van der Waals surface area contributed by atoms with Crippen LogP contribution >= 0.6 is 12.2 Å². The Labute approximate surface area is 146 Å². The number of nitrogens with one attached hydrogen (secondary N) is 2. The van der Waals surface area contributed by atoms with Crippen molar-refractivity contribution in [1.82, 2.24) is 10.6 Å². The molecule has 1 saturated carbocycles. The van der Waals surface area contributed by atoms with Crippen LogP contribution in [0, 0.1) is 17.6 Å². The minimum absolute atomic E-state index is 0.309. The molecule has 0 aliphatic heterocycles. The number of benzene rings is 2. The van der Waals surface area contributed by atoms with E-state index in [9.17, 15) is 8.78 Å². The molecule has 0 bridgehead atoms. The summed E-state index contributed by atoms with van der Waals surface area (Å²) in [7, 11) is 0. The molecule has 0 aromatic heterocycles. The lowest BCUT2D eigenvalue weighted by Gasteiger charge is -2.20. The summed E-state index contributed by atoms with van der Waals surface area (Å²) < 4.78 is 27.3. The smallest absolute Gasteiger partial charge is 0.166 e. The van der Waals surface area contributed by atoms with Gasteiger partial charge in [-0.15, -0.1) is 0 Å². The van der Waals surface area contributed by atoms with Crippen LogP contribution < -0.4 is 10.6 Å². The lowest BCUT2D eigenvalue weighted by Crippen LogP contribution is -2.40. The second kappa shape index (κ2) is 6.85. The SMILES string of the molecule is CC1CC1(CNC(=S)NCc1ccccc1)c1ccc(F)cc1F. The summed E-state index contributed by atoms with van der Waals surface area (Å²) in [6.07, 6.45) is 0.865. The molecule has 2 atom stereocenters. The van der Waals surface area contributed by atoms with E-state index >= 15 is 0 Å². The summed E-state index contributed by atoms with van der Waals surface area (Å²) in [6.45, 7) is 3.25. The second-order valence-corrected chi connectivity index (χ2v) is 6.82. The van der Waals surface area contributed by atoms with Crippen LogP contribution in [0.15, 0.2) is 48.5 Å². The maximum Gasteiger partial charge on any atom is 0.166 e. The predicted molar refractivity (Wildman–Crippen MR) is 95.7 cm³/mol. The van der Waals surface area contributed by atoms with E-state index in [1.807, 2.05) is 30.3 Å². The van der Waals surface area contributed by atoms with Gasteiger partial charge >= 0.3 is 0 Å². The lowest BCUT2D eigenvalue weighted by molar-refractivity contribution is 0.525. The van der Waals surface area contributed by atoms with Gasteiger partial charge in [0, 0.05) is 24.6 Å². The third-order valence-corrected chi connectivity index (χ3v) is 5.07. The Balaban J connectivity index is 1.59. The van der Waals surface area contributed by atoms with Gasteiger partial charge in [0.15, 0.2) is 5.11 Å². The van der Waals surface area contributed by atoms with E-state index in [0.717, 1.165) is 18.1 Å². The first-order chi connectivity index (χ1) is 11.5. The highest BCUT2D eigenvalue weighted by Gasteiger charge is 2.53. The largest absolute Gasteiger partial charge is 0.362 e. The van der Waals surface area contributed by atoms with Crippen molar-refractivity contribution in [2.75, 3.05) is 6.54 Å². The number of rotatable bonds is 5. The summed E-state index contributed by atoms with van der Waals surface area (Å²) in [6, 6.07) is 13.8. The first-order valence-electron chi connectivity index (χ1n) is 8.02. The molecule has 0 radical (unpaired) electrons. The fourth-order valence-corrected chi connectivity index (χ4v) is 3.32. The topological polar surface area (TPSA) is 24.1 Å². The molecule has 2 nitrogen and oxygen atoms in total. The summed E-state index contributed by atoms with van der Waals surface area (Å²) in [5.74, 6) is -0.695. The molecule has 0 spiro atoms. The molecular formula is C19H20F2N2S. The zero-order chi connectivity index (χ0) is 17.2. The Kier molecular flexibility index (Phi) is 4.81. The monoisotopic (exact) mass is 346 g/mol. The number of thiocarbonyl (C=S) groups is 1. The first kappa shape index (κ1) is 16.8. The average Bonchev–Trinajstić information content (AvgIpc) is 3.23. The minimum atomic E-state index is -0.548. The van der Waals surface area contributed by atoms with Gasteiger partial charge in [-0.1, -0.05) is 43.3 Å². The van der Waals surface area contributed by atoms with Crippen molar-refractivity contribution in [3.8, 4) is 0 Å². The molecular weight excluding hydrogens is 326 g/mol. The molecule has 2 aromatic rings. The fourth-order valence-electron chi connectivity index (χ4n) is 3.18. The lowest BCUT2D eigenvalue weighted by atomic mass is 9.93. The second-order valence-electron chi connectivity index (χ2n) is 6.41. The van der Waals surface area contributed by atoms with E-state index in [0.29, 0.717) is 29.7 Å². The minimum Gasteiger partial charge on any atom is -0.362 e. The summed E-state index contributed by atoms with van der Waals surface area (Å²) in [4.78, 5) is 0. The highest BCUT2D eigenvalue weighted by molar-refractivity contribution is 7.80. The molecule has 126 valence electrons. The summed E-state index contributed by atoms with van der Waals surface area (Å²) in [5, 5.41) is 6.88. The van der Waals surface area contributed by atoms with E-state index in [-0.39, 0.29) is 5.41 Å². The van der Waals surface area contributed by atoms with E-state index in [1.54, 1.807) is 6.07 Å². The molecule has 2 N–H and O–H groups in total. The maximum atomic E-state index is 14.1. The fraction of sp³-hybridized carbons (Fsp3) is 0.316. The van der Waals surface area contributed by atoms with Crippen LogP contribution in [0.5, 0.6) is 0 Å². The molecule has 1 fully saturated rings. The van der Waals surface area contributed by atoms with Crippen molar-refractivity contribution in [1.29, 1.82) is 0 Å². The molecule has 0 amide bonds. The van der Waals surface area contributed by atoms with Crippen molar-refractivity contribution in [2.24, 2.45) is 5.92 Å². The number of hydrogen-bond donors (Lipinski definition) is 2. The van der Waals surface area contributed by atoms with Crippen LogP contribution in [0.3, 0.4) is 0 Å². The third kappa shape index (κ3) is 3.56. The van der Waals surface area contributed by atoms with E-state index in [2.05, 4.69) is 17.6 Å². The van der Waals surface area contributed by atoms with Crippen molar-refractivity contribution in [2.45, 2.75) is 25.3 Å². The van der Waals surface area contributed by atoms with Gasteiger partial charge in [0.25, 0.3) is 0 Å². The average molecular weight is 346 g/mol. The van der Waals surface area contributed by atoms with Crippen molar-refractivity contribution < 1.29 is 8.78 Å². The molecule has 1 aliphatic carbocycles. The third-order valence-electron chi connectivity index (χ3n) is 4.78. The molecule has 0 saturated heterocycles. The normalized spacial score (nSPS) is 22.0. The molecule has 1 aliphatic rings. The van der Waals surface area contributed by atoms with E-state index in [1.165, 1.54) is 6.07 Å². The van der Waals surface area contributed by atoms with Crippen LogP contribution in [-0.2, 0) is 12.0 Å². The summed E-state index contributed by atoms with van der Waals surface area (Å²) in [5.41, 5.74) is 1.39. The zero-order valence-corrected chi connectivity index (χ0v) is 14.3. The quantitative estimate of drug-likeness (QED) is 0.803. The van der Waals surface area contributed by atoms with Crippen LogP contribution in [0.2, 0.25) is 0 Å². The Hall–Kier alpha value is -2.01. The van der Waals surface area contributed by atoms with Crippen LogP contribution in [0.1, 0.15) is 24.5 Å². The zero-order valence-electron chi connectivity index (χ0n) is 13.5. The van der Waals surface area contributed by atoms with Gasteiger partial charge in [0.05, 0.1) is 0 Å². The highest BCUT2D eigenvalue weighted by Crippen LogP contribution is 2.54. The molecule has 3 rings (SSSR count). The van der Waals surface area contributed by atoms with Gasteiger partial charge < -0.3 is 10.6 Å². The standard InChI is InChI=1S/C19H20F2N2S/c1-13-10-19(13,16-8-7-15(20)9-17(16)21)12-23-18(24)22-11-14-5-3-2-4-6-14/h2-9,13H,10-12H2,1H3,(H2,22,23,24). The van der Waals surface area contributed by atoms with Crippen LogP contribution in [0.25, 0.3) is 0 Å². The highest BCUT2D eigenvalue weighted by atomic mass is 32.1. The van der Waals surface area contributed by atoms with Gasteiger partial charge in [-0.25, -0.2) is 8.78 Å². The van der Waals surface area contributed by atoms with Gasteiger partial charge in [-0.05, 0) is 41.7 Å². The Morgan fingerprint density at radius 3 is 2.50 bits per heavy atom. The van der Waals surface area contributed by atoms with Gasteiger partial charge in [0.1, 0.15) is 11.6 Å². The Morgan fingerprint density at radius 1 is 1.17 bits per heavy atom. The maximum absolute atomic E-state index is 14.1. The van der Waals surface area contributed by atoms with E-state index < -0.39 is 11.6 Å². The molecule has 2 aromatic carbocycles. The molecule has 24 heavy (non-hydrogen) atoms. The van der Waals surface area contributed by atoms with Crippen molar-refractivity contribution in [3.63, 3.8) is 0 Å². The van der Waals surface area contributed by atoms with Crippen molar-refractivity contribution in [3.05, 3.63) is 71.3 Å². The molecule has 0 heterocycles. The van der Waals surface area contributed by atoms with Crippen LogP contribution in [-0.4, -0.2) is 11.7 Å². The van der Waals surface area contributed by atoms with Crippen molar-refractivity contribution >= 4 is 17.3 Å². The van der Waals surface area contributed by atoms with Gasteiger partial charge in [-0.3, -0.25) is 0 Å². The molecule has 5 heteroatoms. The Bertz CT molecular complexity index is 735. The first-order valence-corrected chi connectivity index (χ1v) is 8.43. The summed E-state index contributed by atoms with van der Waals surface area (Å²) >= 11 is 5.32. The Morgan fingerprint density at radius 2 is 1.88 bits per heavy atom. The number of hydrogen-bond acceptors (Lipinski definition) is 1. The van der Waals surface area contributed by atoms with Crippen LogP contribution in [0.4, 0.5) is 8.78 Å². The van der Waals surface area contributed by atoms with Gasteiger partial charge in [0.2, 0.25) is 0 Å². The number of halogens is 2. The predicted octanol–water partition coefficient (Wildman–Crippen LogP) is 3.91. The molecule has 2 unspecified atom stereocenters. The van der Waals surface area contributed by atoms with E-state index in [4.69, 9.17) is 12.2 Å².